The molecule has 0 amide bonds. The summed E-state index contributed by atoms with van der Waals surface area (Å²) in [5.41, 5.74) is 1.28. The SMILES string of the molecule is CCCc1cccc2c([O])cccc12. The van der Waals surface area contributed by atoms with Crippen LogP contribution in [0.1, 0.15) is 18.9 Å². The summed E-state index contributed by atoms with van der Waals surface area (Å²) >= 11 is 0. The van der Waals surface area contributed by atoms with E-state index >= 15 is 0 Å². The first kappa shape index (κ1) is 9.07. The predicted molar refractivity (Wildman–Crippen MR) is 58.1 cm³/mol. The molecule has 0 aliphatic rings. The lowest BCUT2D eigenvalue weighted by Crippen LogP contribution is -1.85. The Hall–Kier alpha value is -1.50. The van der Waals surface area contributed by atoms with E-state index in [9.17, 15) is 5.11 Å². The number of hydrogen-bond acceptors (Lipinski definition) is 0. The Kier molecular flexibility index (Phi) is 2.40. The van der Waals surface area contributed by atoms with E-state index in [1.807, 2.05) is 24.3 Å². The van der Waals surface area contributed by atoms with Crippen molar-refractivity contribution in [3.63, 3.8) is 0 Å². The Morgan fingerprint density at radius 1 is 1.00 bits per heavy atom. The highest BCUT2D eigenvalue weighted by atomic mass is 16.3. The van der Waals surface area contributed by atoms with Gasteiger partial charge in [-0.2, -0.15) is 0 Å². The van der Waals surface area contributed by atoms with Crippen molar-refractivity contribution in [2.75, 3.05) is 0 Å². The van der Waals surface area contributed by atoms with Crippen LogP contribution in [-0.4, -0.2) is 0 Å². The quantitative estimate of drug-likeness (QED) is 0.675. The monoisotopic (exact) mass is 185 g/mol. The molecule has 0 saturated carbocycles. The van der Waals surface area contributed by atoms with Gasteiger partial charge in [-0.25, -0.2) is 0 Å². The zero-order valence-electron chi connectivity index (χ0n) is 8.29. The molecule has 0 atom stereocenters. The van der Waals surface area contributed by atoms with Gasteiger partial charge in [0.1, 0.15) is 0 Å². The molecular formula is C13H13O. The largest absolute Gasteiger partial charge is 0.289 e. The van der Waals surface area contributed by atoms with Crippen LogP contribution >= 0.6 is 0 Å². The fourth-order valence-corrected chi connectivity index (χ4v) is 1.83. The highest BCUT2D eigenvalue weighted by Crippen LogP contribution is 2.27. The molecule has 0 aliphatic carbocycles. The third-order valence-electron chi connectivity index (χ3n) is 2.49. The average molecular weight is 185 g/mol. The van der Waals surface area contributed by atoms with Gasteiger partial charge in [0.05, 0.1) is 0 Å². The van der Waals surface area contributed by atoms with Gasteiger partial charge in [-0.05, 0) is 23.4 Å². The van der Waals surface area contributed by atoms with Crippen molar-refractivity contribution in [2.24, 2.45) is 0 Å². The average Bonchev–Trinajstić information content (AvgIpc) is 2.20. The molecule has 0 aromatic heterocycles. The number of fused-ring (bicyclic) bond motifs is 1. The van der Waals surface area contributed by atoms with Crippen LogP contribution in [0.5, 0.6) is 5.75 Å². The van der Waals surface area contributed by atoms with Gasteiger partial charge < -0.3 is 0 Å². The first-order chi connectivity index (χ1) is 6.83. The minimum absolute atomic E-state index is 0.125. The summed E-state index contributed by atoms with van der Waals surface area (Å²) in [6.45, 7) is 2.15. The van der Waals surface area contributed by atoms with Gasteiger partial charge in [0.2, 0.25) is 0 Å². The highest BCUT2D eigenvalue weighted by Gasteiger charge is 2.03. The summed E-state index contributed by atoms with van der Waals surface area (Å²) in [5.74, 6) is 0.125. The standard InChI is InChI=1S/C13H13O/c1-2-5-10-6-3-8-12-11(10)7-4-9-13(12)14/h3-4,6-9H,2,5H2,1H3. The predicted octanol–water partition coefficient (Wildman–Crippen LogP) is 3.94. The van der Waals surface area contributed by atoms with Gasteiger partial charge in [0, 0.05) is 5.39 Å². The molecule has 0 fully saturated rings. The number of rotatable bonds is 2. The van der Waals surface area contributed by atoms with Crippen molar-refractivity contribution in [1.82, 2.24) is 0 Å². The summed E-state index contributed by atoms with van der Waals surface area (Å²) in [7, 11) is 0. The smallest absolute Gasteiger partial charge is 0.186 e. The van der Waals surface area contributed by atoms with E-state index in [2.05, 4.69) is 13.0 Å². The van der Waals surface area contributed by atoms with Gasteiger partial charge in [0.25, 0.3) is 0 Å². The fraction of sp³-hybridized carbons (Fsp3) is 0.231. The molecule has 0 unspecified atom stereocenters. The maximum Gasteiger partial charge on any atom is 0.186 e. The number of hydrogen-bond donors (Lipinski definition) is 0. The van der Waals surface area contributed by atoms with E-state index in [-0.39, 0.29) is 5.75 Å². The molecule has 1 heteroatoms. The number of benzene rings is 2. The summed E-state index contributed by atoms with van der Waals surface area (Å²) in [6.07, 6.45) is 2.16. The second kappa shape index (κ2) is 3.70. The lowest BCUT2D eigenvalue weighted by Gasteiger charge is -2.04. The van der Waals surface area contributed by atoms with Crippen molar-refractivity contribution in [3.8, 4) is 5.75 Å². The van der Waals surface area contributed by atoms with E-state index in [1.165, 1.54) is 5.56 Å². The van der Waals surface area contributed by atoms with Crippen molar-refractivity contribution < 1.29 is 5.11 Å². The van der Waals surface area contributed by atoms with Gasteiger partial charge in [0.15, 0.2) is 5.75 Å². The molecule has 0 saturated heterocycles. The van der Waals surface area contributed by atoms with Crippen LogP contribution in [0.25, 0.3) is 10.8 Å². The Bertz CT molecular complexity index is 446. The molecule has 1 radical (unpaired) electrons. The molecule has 2 aromatic rings. The molecule has 0 aliphatic heterocycles. The molecule has 0 heterocycles. The molecule has 0 bridgehead atoms. The summed E-state index contributed by atoms with van der Waals surface area (Å²) < 4.78 is 0. The van der Waals surface area contributed by atoms with Crippen LogP contribution in [-0.2, 0) is 11.5 Å². The van der Waals surface area contributed by atoms with Crippen LogP contribution in [0, 0.1) is 0 Å². The number of aryl methyl sites for hydroxylation is 1. The van der Waals surface area contributed by atoms with Crippen LogP contribution in [0.4, 0.5) is 0 Å². The topological polar surface area (TPSA) is 19.9 Å². The third kappa shape index (κ3) is 1.46. The van der Waals surface area contributed by atoms with E-state index in [0.29, 0.717) is 0 Å². The van der Waals surface area contributed by atoms with Crippen molar-refractivity contribution in [3.05, 3.63) is 42.0 Å². The Morgan fingerprint density at radius 2 is 1.71 bits per heavy atom. The normalized spacial score (nSPS) is 10.6. The summed E-state index contributed by atoms with van der Waals surface area (Å²) in [6, 6.07) is 11.5. The highest BCUT2D eigenvalue weighted by molar-refractivity contribution is 5.90. The minimum Gasteiger partial charge on any atom is -0.289 e. The van der Waals surface area contributed by atoms with Crippen LogP contribution in [0.3, 0.4) is 0 Å². The maximum absolute atomic E-state index is 11.5. The van der Waals surface area contributed by atoms with E-state index in [1.54, 1.807) is 6.07 Å². The molecule has 2 aromatic carbocycles. The third-order valence-corrected chi connectivity index (χ3v) is 2.49. The van der Waals surface area contributed by atoms with Gasteiger partial charge >= 0.3 is 0 Å². The second-order valence-electron chi connectivity index (χ2n) is 3.52. The summed E-state index contributed by atoms with van der Waals surface area (Å²) in [5, 5.41) is 13.5. The first-order valence-electron chi connectivity index (χ1n) is 5.00. The molecular weight excluding hydrogens is 172 g/mol. The zero-order chi connectivity index (χ0) is 9.97. The van der Waals surface area contributed by atoms with Crippen LogP contribution in [0.15, 0.2) is 36.4 Å². The van der Waals surface area contributed by atoms with E-state index in [4.69, 9.17) is 0 Å². The van der Waals surface area contributed by atoms with Gasteiger partial charge in [-0.1, -0.05) is 43.7 Å². The minimum atomic E-state index is 0.125. The van der Waals surface area contributed by atoms with Crippen LogP contribution in [0.2, 0.25) is 0 Å². The molecule has 0 spiro atoms. The fourth-order valence-electron chi connectivity index (χ4n) is 1.83. The Morgan fingerprint density at radius 3 is 2.50 bits per heavy atom. The lowest BCUT2D eigenvalue weighted by atomic mass is 10.0. The van der Waals surface area contributed by atoms with E-state index in [0.717, 1.165) is 23.6 Å². The second-order valence-corrected chi connectivity index (χ2v) is 3.52. The zero-order valence-corrected chi connectivity index (χ0v) is 8.29. The van der Waals surface area contributed by atoms with Crippen molar-refractivity contribution in [1.29, 1.82) is 0 Å². The molecule has 71 valence electrons. The van der Waals surface area contributed by atoms with Crippen LogP contribution < -0.4 is 0 Å². The molecule has 0 N–H and O–H groups in total. The molecule has 2 rings (SSSR count). The molecule has 1 nitrogen and oxygen atoms in total. The van der Waals surface area contributed by atoms with E-state index < -0.39 is 0 Å². The molecule has 14 heavy (non-hydrogen) atoms. The van der Waals surface area contributed by atoms with Gasteiger partial charge in [-0.3, -0.25) is 5.11 Å². The maximum atomic E-state index is 11.5. The summed E-state index contributed by atoms with van der Waals surface area (Å²) in [4.78, 5) is 0. The van der Waals surface area contributed by atoms with Gasteiger partial charge in [-0.15, -0.1) is 0 Å². The Balaban J connectivity index is 2.68. The lowest BCUT2D eigenvalue weighted by molar-refractivity contribution is 0.360. The van der Waals surface area contributed by atoms with Crippen molar-refractivity contribution in [2.45, 2.75) is 19.8 Å². The first-order valence-corrected chi connectivity index (χ1v) is 5.00. The Labute approximate surface area is 84.0 Å². The van der Waals surface area contributed by atoms with Crippen molar-refractivity contribution >= 4 is 10.8 Å².